The smallest absolute Gasteiger partial charge is 0.270 e. The van der Waals surface area contributed by atoms with Crippen molar-refractivity contribution in [3.63, 3.8) is 0 Å². The van der Waals surface area contributed by atoms with Crippen molar-refractivity contribution in [3.8, 4) is 5.75 Å². The van der Waals surface area contributed by atoms with E-state index in [2.05, 4.69) is 5.32 Å². The third-order valence-corrected chi connectivity index (χ3v) is 4.56. The van der Waals surface area contributed by atoms with E-state index in [4.69, 9.17) is 21.1 Å². The van der Waals surface area contributed by atoms with Crippen LogP contribution in [-0.4, -0.2) is 50.1 Å². The molecule has 0 bridgehead atoms. The molecule has 2 aromatic carbocycles. The van der Waals surface area contributed by atoms with Crippen LogP contribution in [-0.2, 0) is 9.53 Å². The van der Waals surface area contributed by atoms with Gasteiger partial charge in [-0.25, -0.2) is 0 Å². The number of nitrogens with one attached hydrogen (secondary N) is 1. The van der Waals surface area contributed by atoms with E-state index in [-0.39, 0.29) is 17.5 Å². The van der Waals surface area contributed by atoms with Crippen LogP contribution >= 0.6 is 11.6 Å². The van der Waals surface area contributed by atoms with E-state index in [1.54, 1.807) is 54.5 Å². The predicted molar refractivity (Wildman–Crippen MR) is 107 cm³/mol. The minimum atomic E-state index is -0.377. The minimum absolute atomic E-state index is 0.201. The van der Waals surface area contributed by atoms with Crippen LogP contribution in [0.2, 0.25) is 5.02 Å². The molecule has 0 unspecified atom stereocenters. The van der Waals surface area contributed by atoms with Crippen molar-refractivity contribution in [2.24, 2.45) is 0 Å². The quantitative estimate of drug-likeness (QED) is 0.783. The fourth-order valence-electron chi connectivity index (χ4n) is 2.75. The fraction of sp³-hybridized carbons (Fsp3) is 0.238. The SMILES string of the molecule is COc1ccc(C=C(NC(=O)c2ccc(Cl)cc2)C(=O)N2CCOCC2)cc1. The van der Waals surface area contributed by atoms with Gasteiger partial charge in [0.25, 0.3) is 11.8 Å². The molecule has 3 rings (SSSR count). The van der Waals surface area contributed by atoms with Crippen LogP contribution in [0.3, 0.4) is 0 Å². The molecule has 0 radical (unpaired) electrons. The van der Waals surface area contributed by atoms with Crippen LogP contribution in [0.4, 0.5) is 0 Å². The van der Waals surface area contributed by atoms with E-state index in [1.807, 2.05) is 12.1 Å². The first-order valence-corrected chi connectivity index (χ1v) is 9.24. The van der Waals surface area contributed by atoms with Crippen molar-refractivity contribution in [2.75, 3.05) is 33.4 Å². The maximum atomic E-state index is 13.0. The molecular weight excluding hydrogens is 380 g/mol. The van der Waals surface area contributed by atoms with Crippen molar-refractivity contribution >= 4 is 29.5 Å². The van der Waals surface area contributed by atoms with Crippen molar-refractivity contribution < 1.29 is 19.1 Å². The molecule has 1 aliphatic rings. The Balaban J connectivity index is 1.86. The van der Waals surface area contributed by atoms with E-state index >= 15 is 0 Å². The van der Waals surface area contributed by atoms with Gasteiger partial charge >= 0.3 is 0 Å². The highest BCUT2D eigenvalue weighted by Gasteiger charge is 2.22. The van der Waals surface area contributed by atoms with E-state index in [9.17, 15) is 9.59 Å². The second kappa shape index (κ2) is 9.39. The summed E-state index contributed by atoms with van der Waals surface area (Å²) in [6.07, 6.45) is 1.66. The van der Waals surface area contributed by atoms with Crippen molar-refractivity contribution in [1.29, 1.82) is 0 Å². The molecule has 2 amide bonds. The van der Waals surface area contributed by atoms with E-state index in [0.29, 0.717) is 42.6 Å². The molecule has 1 N–H and O–H groups in total. The third kappa shape index (κ3) is 5.12. The zero-order chi connectivity index (χ0) is 19.9. The molecule has 1 fully saturated rings. The monoisotopic (exact) mass is 400 g/mol. The average Bonchev–Trinajstić information content (AvgIpc) is 2.74. The molecule has 1 saturated heterocycles. The summed E-state index contributed by atoms with van der Waals surface area (Å²) in [6, 6.07) is 13.7. The van der Waals surface area contributed by atoms with Gasteiger partial charge in [-0.2, -0.15) is 0 Å². The Morgan fingerprint density at radius 2 is 1.71 bits per heavy atom. The fourth-order valence-corrected chi connectivity index (χ4v) is 2.88. The highest BCUT2D eigenvalue weighted by Crippen LogP contribution is 2.16. The van der Waals surface area contributed by atoms with Gasteiger partial charge in [0.1, 0.15) is 11.4 Å². The lowest BCUT2D eigenvalue weighted by Gasteiger charge is -2.27. The number of carbonyl (C=O) groups excluding carboxylic acids is 2. The molecule has 146 valence electrons. The van der Waals surface area contributed by atoms with Crippen LogP contribution < -0.4 is 10.1 Å². The highest BCUT2D eigenvalue weighted by atomic mass is 35.5. The first-order valence-electron chi connectivity index (χ1n) is 8.86. The molecule has 1 heterocycles. The van der Waals surface area contributed by atoms with Crippen LogP contribution in [0.5, 0.6) is 5.75 Å². The van der Waals surface area contributed by atoms with Crippen LogP contribution in [0, 0.1) is 0 Å². The maximum Gasteiger partial charge on any atom is 0.270 e. The number of halogens is 1. The Morgan fingerprint density at radius 3 is 2.32 bits per heavy atom. The van der Waals surface area contributed by atoms with Gasteiger partial charge in [-0.15, -0.1) is 0 Å². The molecule has 0 spiro atoms. The van der Waals surface area contributed by atoms with E-state index in [1.165, 1.54) is 0 Å². The Labute approximate surface area is 168 Å². The van der Waals surface area contributed by atoms with Gasteiger partial charge in [-0.1, -0.05) is 23.7 Å². The van der Waals surface area contributed by atoms with Gasteiger partial charge in [-0.3, -0.25) is 9.59 Å². The van der Waals surface area contributed by atoms with Crippen LogP contribution in [0.1, 0.15) is 15.9 Å². The van der Waals surface area contributed by atoms with E-state index in [0.717, 1.165) is 5.56 Å². The topological polar surface area (TPSA) is 67.9 Å². The predicted octanol–water partition coefficient (Wildman–Crippen LogP) is 2.98. The molecule has 2 aromatic rings. The second-order valence-corrected chi connectivity index (χ2v) is 6.63. The number of carbonyl (C=O) groups is 2. The van der Waals surface area contributed by atoms with Gasteiger partial charge in [0.2, 0.25) is 0 Å². The molecular formula is C21H21ClN2O4. The lowest BCUT2D eigenvalue weighted by atomic mass is 10.1. The normalized spacial score (nSPS) is 14.5. The molecule has 1 aliphatic heterocycles. The minimum Gasteiger partial charge on any atom is -0.497 e. The zero-order valence-electron chi connectivity index (χ0n) is 15.5. The Morgan fingerprint density at radius 1 is 1.07 bits per heavy atom. The highest BCUT2D eigenvalue weighted by molar-refractivity contribution is 6.30. The van der Waals surface area contributed by atoms with Crippen molar-refractivity contribution in [3.05, 3.63) is 70.4 Å². The number of hydrogen-bond acceptors (Lipinski definition) is 4. The van der Waals surface area contributed by atoms with Gasteiger partial charge in [0.15, 0.2) is 0 Å². The number of amides is 2. The number of benzene rings is 2. The summed E-state index contributed by atoms with van der Waals surface area (Å²) in [7, 11) is 1.59. The summed E-state index contributed by atoms with van der Waals surface area (Å²) in [5, 5.41) is 3.28. The van der Waals surface area contributed by atoms with Crippen LogP contribution in [0.15, 0.2) is 54.2 Å². The summed E-state index contributed by atoms with van der Waals surface area (Å²) in [5.41, 5.74) is 1.39. The maximum absolute atomic E-state index is 13.0. The van der Waals surface area contributed by atoms with Gasteiger partial charge in [0, 0.05) is 23.7 Å². The number of methoxy groups -OCH3 is 1. The van der Waals surface area contributed by atoms with Gasteiger partial charge in [-0.05, 0) is 48.0 Å². The standard InChI is InChI=1S/C21H21ClN2O4/c1-27-18-8-2-15(3-9-18)14-19(21(26)24-10-12-28-13-11-24)23-20(25)16-4-6-17(22)7-5-16/h2-9,14H,10-13H2,1H3,(H,23,25). The lowest BCUT2D eigenvalue weighted by Crippen LogP contribution is -2.44. The second-order valence-electron chi connectivity index (χ2n) is 6.20. The first kappa shape index (κ1) is 19.9. The number of ether oxygens (including phenoxy) is 2. The average molecular weight is 401 g/mol. The third-order valence-electron chi connectivity index (χ3n) is 4.31. The Hall–Kier alpha value is -2.83. The molecule has 0 aliphatic carbocycles. The van der Waals surface area contributed by atoms with Crippen molar-refractivity contribution in [2.45, 2.75) is 0 Å². The number of morpholine rings is 1. The number of hydrogen-bond donors (Lipinski definition) is 1. The van der Waals surface area contributed by atoms with Gasteiger partial charge in [0.05, 0.1) is 20.3 Å². The molecule has 6 nitrogen and oxygen atoms in total. The Kier molecular flexibility index (Phi) is 6.68. The molecule has 0 aromatic heterocycles. The summed E-state index contributed by atoms with van der Waals surface area (Å²) in [5.74, 6) is 0.0860. The molecule has 28 heavy (non-hydrogen) atoms. The van der Waals surface area contributed by atoms with Crippen molar-refractivity contribution in [1.82, 2.24) is 10.2 Å². The molecule has 0 atom stereocenters. The summed E-state index contributed by atoms with van der Waals surface area (Å²) >= 11 is 5.88. The van der Waals surface area contributed by atoms with E-state index < -0.39 is 0 Å². The number of rotatable bonds is 5. The summed E-state index contributed by atoms with van der Waals surface area (Å²) in [6.45, 7) is 1.92. The first-order chi connectivity index (χ1) is 13.6. The van der Waals surface area contributed by atoms with Gasteiger partial charge < -0.3 is 19.7 Å². The lowest BCUT2D eigenvalue weighted by molar-refractivity contribution is -0.131. The van der Waals surface area contributed by atoms with Crippen LogP contribution in [0.25, 0.3) is 6.08 Å². The Bertz CT molecular complexity index is 857. The summed E-state index contributed by atoms with van der Waals surface area (Å²) < 4.78 is 10.5. The molecule has 0 saturated carbocycles. The molecule has 7 heteroatoms. The largest absolute Gasteiger partial charge is 0.497 e. The zero-order valence-corrected chi connectivity index (χ0v) is 16.2. The number of nitrogens with zero attached hydrogens (tertiary/aromatic N) is 1. The summed E-state index contributed by atoms with van der Waals surface area (Å²) in [4.78, 5) is 27.3.